The molecule has 3 rings (SSSR count). The molecular weight excluding hydrogens is 704 g/mol. The van der Waals surface area contributed by atoms with Crippen molar-refractivity contribution in [3.63, 3.8) is 0 Å². The molecule has 4 N–H and O–H groups in total. The van der Waals surface area contributed by atoms with Gasteiger partial charge in [0.05, 0.1) is 53.7 Å². The van der Waals surface area contributed by atoms with E-state index in [4.69, 9.17) is 23.7 Å². The first-order valence-electron chi connectivity index (χ1n) is 18.0. The molecule has 0 aromatic heterocycles. The standard InChI is InChI=1S/C37H66NO10.Rb/c1-14-27-22(6)30(39)21(5)20(4)18(2)16-36(10,43)33(48-35-31(40)26(38-12)15-19(3)45-35)23(7)29(24(8)34(42)47-27)28-17-37(11,44-13)32(41)25(9)46-28;/h18-20,22-33,35,39-41,43H,5,14-17H2,1-4,6-13H3;/q-1;+1/t18-,19-,20+,22+,23+,24-,25+,26+,27-,28-,29?,30-,31-,32+,33-,35+,36-,37-;/m1./s1. The number of ether oxygens (including phenoxy) is 5. The maximum Gasteiger partial charge on any atom is 1.00 e. The van der Waals surface area contributed by atoms with Gasteiger partial charge in [0.2, 0.25) is 0 Å². The van der Waals surface area contributed by atoms with E-state index < -0.39 is 95.9 Å². The zero-order chi connectivity index (χ0) is 36.5. The Kier molecular flexibility index (Phi) is 17.6. The number of nitrogens with zero attached hydrogens (tertiary/aromatic N) is 1. The Balaban J connectivity index is 0.00000833. The Labute approximate surface area is 344 Å². The maximum absolute atomic E-state index is 14.2. The second kappa shape index (κ2) is 18.8. The molecule has 3 heterocycles. The van der Waals surface area contributed by atoms with Crippen molar-refractivity contribution in [3.05, 3.63) is 17.5 Å². The van der Waals surface area contributed by atoms with Crippen LogP contribution in [0.15, 0.2) is 12.2 Å². The Morgan fingerprint density at radius 2 is 1.59 bits per heavy atom. The first-order valence-corrected chi connectivity index (χ1v) is 18.0. The van der Waals surface area contributed by atoms with E-state index in [9.17, 15) is 25.2 Å². The molecule has 0 radical (unpaired) electrons. The first kappa shape index (κ1) is 45.8. The molecule has 3 aliphatic heterocycles. The molecule has 3 aliphatic rings. The molecule has 0 amide bonds. The van der Waals surface area contributed by atoms with Crippen LogP contribution in [0.1, 0.15) is 94.9 Å². The van der Waals surface area contributed by atoms with Crippen molar-refractivity contribution < 1.29 is 107 Å². The third-order valence-electron chi connectivity index (χ3n) is 12.1. The van der Waals surface area contributed by atoms with Gasteiger partial charge in [-0.25, -0.2) is 0 Å². The first-order chi connectivity index (χ1) is 22.2. The van der Waals surface area contributed by atoms with Gasteiger partial charge in [0.1, 0.15) is 12.2 Å². The Morgan fingerprint density at radius 3 is 2.14 bits per heavy atom. The molecule has 0 aliphatic carbocycles. The summed E-state index contributed by atoms with van der Waals surface area (Å²) in [5, 5.41) is 50.7. The molecule has 0 saturated carbocycles. The van der Waals surface area contributed by atoms with E-state index in [2.05, 4.69) is 11.9 Å². The minimum absolute atomic E-state index is 0. The van der Waals surface area contributed by atoms with Gasteiger partial charge in [0, 0.05) is 25.4 Å². The van der Waals surface area contributed by atoms with Crippen LogP contribution in [0.2, 0.25) is 0 Å². The number of methoxy groups -OCH3 is 1. The van der Waals surface area contributed by atoms with E-state index >= 15 is 0 Å². The van der Waals surface area contributed by atoms with Crippen LogP contribution in [-0.2, 0) is 28.5 Å². The number of esters is 1. The minimum Gasteiger partial charge on any atom is -0.660 e. The molecule has 0 aromatic carbocycles. The fourth-order valence-electron chi connectivity index (χ4n) is 8.64. The third kappa shape index (κ3) is 10.2. The molecule has 3 fully saturated rings. The second-order valence-corrected chi connectivity index (χ2v) is 15.8. The van der Waals surface area contributed by atoms with E-state index in [1.54, 1.807) is 34.9 Å². The predicted molar refractivity (Wildman–Crippen MR) is 183 cm³/mol. The van der Waals surface area contributed by atoms with Crippen LogP contribution < -0.4 is 58.2 Å². The van der Waals surface area contributed by atoms with E-state index in [1.165, 1.54) is 0 Å². The van der Waals surface area contributed by atoms with Crippen molar-refractivity contribution in [2.75, 3.05) is 14.2 Å². The summed E-state index contributed by atoms with van der Waals surface area (Å²) < 4.78 is 31.4. The average Bonchev–Trinajstić information content (AvgIpc) is 3.03. The zero-order valence-corrected chi connectivity index (χ0v) is 37.4. The van der Waals surface area contributed by atoms with Crippen molar-refractivity contribution in [3.8, 4) is 0 Å². The second-order valence-electron chi connectivity index (χ2n) is 15.8. The van der Waals surface area contributed by atoms with E-state index in [-0.39, 0.29) is 89.0 Å². The largest absolute Gasteiger partial charge is 1.00 e. The van der Waals surface area contributed by atoms with E-state index in [0.717, 1.165) is 0 Å². The van der Waals surface area contributed by atoms with Gasteiger partial charge in [-0.3, -0.25) is 4.79 Å². The number of likely N-dealkylation sites (N-methyl/N-ethyl adjacent to an activating group) is 1. The molecule has 1 unspecified atom stereocenters. The molecule has 0 bridgehead atoms. The Morgan fingerprint density at radius 1 is 0.980 bits per heavy atom. The summed E-state index contributed by atoms with van der Waals surface area (Å²) in [5.41, 5.74) is -1.86. The van der Waals surface area contributed by atoms with Crippen LogP contribution in [-0.4, -0.2) is 113 Å². The number of hydrogen-bond acceptors (Lipinski definition) is 10. The van der Waals surface area contributed by atoms with Crippen molar-refractivity contribution in [1.82, 2.24) is 0 Å². The smallest absolute Gasteiger partial charge is 0.660 e. The molecule has 280 valence electrons. The summed E-state index contributed by atoms with van der Waals surface area (Å²) in [6, 6.07) is -0.412. The fourth-order valence-corrected chi connectivity index (χ4v) is 8.64. The molecule has 12 heteroatoms. The third-order valence-corrected chi connectivity index (χ3v) is 12.1. The topological polar surface area (TPSA) is 158 Å². The average molecular weight is 770 g/mol. The molecule has 49 heavy (non-hydrogen) atoms. The fraction of sp³-hybridized carbons (Fsp3) is 0.919. The van der Waals surface area contributed by atoms with Crippen LogP contribution in [0.4, 0.5) is 0 Å². The Bertz CT molecular complexity index is 1080. The normalized spacial score (nSPS) is 49.4. The SMILES string of the molecule is C=C1[C@@H](C)[C@H](C)C[C@@](C)(O)[C@H](O[C@@H]2O[C@H](C)C[C@H]([N-]C)[C@H]2O)[C@@H](C)C([C@H]2C[C@@](C)(OC)[C@@H](O)[C@H](C)O2)[C@@H](C)C(=O)O[C@H](CC)[C@H](C)[C@@H]1O.[Rb+]. The minimum atomic E-state index is -1.51. The van der Waals surface area contributed by atoms with Crippen molar-refractivity contribution >= 4 is 5.97 Å². The number of aliphatic hydroxyl groups is 4. The number of carbonyl (C=O) groups excluding carboxylic acids is 1. The van der Waals surface area contributed by atoms with Crippen molar-refractivity contribution in [1.29, 1.82) is 0 Å². The van der Waals surface area contributed by atoms with E-state index in [1.807, 2.05) is 48.5 Å². The van der Waals surface area contributed by atoms with Gasteiger partial charge in [-0.05, 0) is 70.3 Å². The predicted octanol–water partition coefficient (Wildman–Crippen LogP) is 1.38. The number of carbonyl (C=O) groups is 1. The summed E-state index contributed by atoms with van der Waals surface area (Å²) in [6.45, 7) is 23.0. The quantitative estimate of drug-likeness (QED) is 0.230. The molecule has 0 spiro atoms. The zero-order valence-electron chi connectivity index (χ0n) is 32.5. The van der Waals surface area contributed by atoms with Crippen LogP contribution >= 0.6 is 0 Å². The van der Waals surface area contributed by atoms with Crippen molar-refractivity contribution in [2.24, 2.45) is 35.5 Å². The monoisotopic (exact) mass is 769 g/mol. The summed E-state index contributed by atoms with van der Waals surface area (Å²) in [5.74, 6) is -3.11. The number of hydrogen-bond donors (Lipinski definition) is 4. The summed E-state index contributed by atoms with van der Waals surface area (Å²) in [7, 11) is 3.21. The summed E-state index contributed by atoms with van der Waals surface area (Å²) >= 11 is 0. The van der Waals surface area contributed by atoms with Gasteiger partial charge in [-0.1, -0.05) is 48.1 Å². The number of rotatable bonds is 6. The van der Waals surface area contributed by atoms with Crippen LogP contribution in [0, 0.1) is 35.5 Å². The number of aliphatic hydroxyl groups excluding tert-OH is 3. The van der Waals surface area contributed by atoms with Crippen LogP contribution in [0.25, 0.3) is 5.32 Å². The van der Waals surface area contributed by atoms with Gasteiger partial charge in [-0.15, -0.1) is 6.04 Å². The van der Waals surface area contributed by atoms with Gasteiger partial charge >= 0.3 is 64.2 Å². The summed E-state index contributed by atoms with van der Waals surface area (Å²) in [6.07, 6.45) is -5.43. The van der Waals surface area contributed by atoms with E-state index in [0.29, 0.717) is 18.4 Å². The van der Waals surface area contributed by atoms with Gasteiger partial charge in [0.25, 0.3) is 0 Å². The van der Waals surface area contributed by atoms with Crippen LogP contribution in [0.5, 0.6) is 0 Å². The molecule has 3 saturated heterocycles. The number of cyclic esters (lactones) is 1. The molecule has 11 nitrogen and oxygen atoms in total. The Hall–Kier alpha value is 0.655. The van der Waals surface area contributed by atoms with Gasteiger partial charge in [0.15, 0.2) is 6.29 Å². The molecule has 18 atom stereocenters. The van der Waals surface area contributed by atoms with Gasteiger partial charge in [-0.2, -0.15) is 7.05 Å². The van der Waals surface area contributed by atoms with Crippen molar-refractivity contribution in [2.45, 2.75) is 167 Å². The van der Waals surface area contributed by atoms with Crippen LogP contribution in [0.3, 0.4) is 0 Å². The molecule has 0 aromatic rings. The maximum atomic E-state index is 14.2. The van der Waals surface area contributed by atoms with Gasteiger partial charge < -0.3 is 49.4 Å². The summed E-state index contributed by atoms with van der Waals surface area (Å²) in [4.78, 5) is 14.2. The molecular formula is C37H66NO10Rb.